The van der Waals surface area contributed by atoms with Gasteiger partial charge in [-0.25, -0.2) is 4.99 Å². The van der Waals surface area contributed by atoms with Crippen molar-refractivity contribution in [2.75, 3.05) is 32.8 Å². The summed E-state index contributed by atoms with van der Waals surface area (Å²) >= 11 is 1.72. The van der Waals surface area contributed by atoms with Gasteiger partial charge in [-0.15, -0.1) is 11.3 Å². The summed E-state index contributed by atoms with van der Waals surface area (Å²) in [6, 6.07) is 17.1. The zero-order valence-corrected chi connectivity index (χ0v) is 17.4. The van der Waals surface area contributed by atoms with Crippen molar-refractivity contribution in [2.45, 2.75) is 20.4 Å². The second-order valence-electron chi connectivity index (χ2n) is 7.28. The van der Waals surface area contributed by atoms with Crippen molar-refractivity contribution < 1.29 is 4.74 Å². The molecule has 0 spiro atoms. The summed E-state index contributed by atoms with van der Waals surface area (Å²) in [5.41, 5.74) is 6.01. The van der Waals surface area contributed by atoms with Gasteiger partial charge in [0.1, 0.15) is 0 Å². The van der Waals surface area contributed by atoms with Crippen LogP contribution in [0.15, 0.2) is 58.9 Å². The lowest BCUT2D eigenvalue weighted by Crippen LogP contribution is -2.39. The second-order valence-corrected chi connectivity index (χ2v) is 8.11. The molecule has 0 bridgehead atoms. The van der Waals surface area contributed by atoms with Gasteiger partial charge in [0.25, 0.3) is 0 Å². The van der Waals surface area contributed by atoms with Crippen molar-refractivity contribution in [3.63, 3.8) is 0 Å². The molecule has 4 nitrogen and oxygen atoms in total. The number of rotatable bonds is 5. The van der Waals surface area contributed by atoms with Crippen LogP contribution in [0.2, 0.25) is 0 Å². The van der Waals surface area contributed by atoms with Gasteiger partial charge in [0.15, 0.2) is 4.80 Å². The lowest BCUT2D eigenvalue weighted by molar-refractivity contribution is 0.0363. The number of nitrogens with zero attached hydrogens (tertiary/aromatic N) is 3. The van der Waals surface area contributed by atoms with Crippen LogP contribution in [0.25, 0.3) is 11.3 Å². The van der Waals surface area contributed by atoms with E-state index >= 15 is 0 Å². The third-order valence-corrected chi connectivity index (χ3v) is 6.04. The zero-order chi connectivity index (χ0) is 19.3. The SMILES string of the molecule is Cc1ccc(N=c2scc(-c3ccccc3)n2CCN2CCOCC2)c(C)c1. The molecule has 146 valence electrons. The smallest absolute Gasteiger partial charge is 0.190 e. The molecule has 1 fully saturated rings. The first-order chi connectivity index (χ1) is 13.7. The van der Waals surface area contributed by atoms with Crippen LogP contribution in [0.4, 0.5) is 5.69 Å². The van der Waals surface area contributed by atoms with E-state index in [0.717, 1.165) is 49.9 Å². The van der Waals surface area contributed by atoms with Crippen molar-refractivity contribution >= 4 is 17.0 Å². The Balaban J connectivity index is 1.71. The van der Waals surface area contributed by atoms with Crippen LogP contribution in [-0.2, 0) is 11.3 Å². The Morgan fingerprint density at radius 1 is 1.00 bits per heavy atom. The predicted octanol–water partition coefficient (Wildman–Crippen LogP) is 4.40. The standard InChI is InChI=1S/C23H27N3OS/c1-18-8-9-21(19(2)16-18)24-23-26(11-10-25-12-14-27-15-13-25)22(17-28-23)20-6-4-3-5-7-20/h3-9,16-17H,10-15H2,1-2H3. The van der Waals surface area contributed by atoms with E-state index in [0.29, 0.717) is 0 Å². The summed E-state index contributed by atoms with van der Waals surface area (Å²) < 4.78 is 7.86. The number of benzene rings is 2. The molecule has 0 atom stereocenters. The Bertz CT molecular complexity index is 985. The van der Waals surface area contributed by atoms with Crippen LogP contribution in [-0.4, -0.2) is 42.3 Å². The minimum Gasteiger partial charge on any atom is -0.379 e. The molecule has 5 heteroatoms. The van der Waals surface area contributed by atoms with Crippen LogP contribution in [0, 0.1) is 13.8 Å². The van der Waals surface area contributed by atoms with Crippen LogP contribution < -0.4 is 4.80 Å². The molecule has 0 amide bonds. The van der Waals surface area contributed by atoms with E-state index in [2.05, 4.69) is 77.2 Å². The van der Waals surface area contributed by atoms with Gasteiger partial charge in [-0.1, -0.05) is 48.0 Å². The Kier molecular flexibility index (Phi) is 6.05. The Labute approximate surface area is 170 Å². The van der Waals surface area contributed by atoms with E-state index in [1.165, 1.54) is 22.4 Å². The highest BCUT2D eigenvalue weighted by atomic mass is 32.1. The highest BCUT2D eigenvalue weighted by Crippen LogP contribution is 2.22. The quantitative estimate of drug-likeness (QED) is 0.643. The summed E-state index contributed by atoms with van der Waals surface area (Å²) in [6.07, 6.45) is 0. The monoisotopic (exact) mass is 393 g/mol. The summed E-state index contributed by atoms with van der Waals surface area (Å²) in [5.74, 6) is 0. The summed E-state index contributed by atoms with van der Waals surface area (Å²) in [5, 5.41) is 2.23. The lowest BCUT2D eigenvalue weighted by Gasteiger charge is -2.26. The summed E-state index contributed by atoms with van der Waals surface area (Å²) in [4.78, 5) is 8.56. The van der Waals surface area contributed by atoms with Gasteiger partial charge in [-0.2, -0.15) is 0 Å². The van der Waals surface area contributed by atoms with Crippen molar-refractivity contribution in [3.05, 3.63) is 69.8 Å². The van der Waals surface area contributed by atoms with Crippen LogP contribution in [0.5, 0.6) is 0 Å². The largest absolute Gasteiger partial charge is 0.379 e. The van der Waals surface area contributed by atoms with E-state index in [-0.39, 0.29) is 0 Å². The summed E-state index contributed by atoms with van der Waals surface area (Å²) in [6.45, 7) is 9.88. The van der Waals surface area contributed by atoms with Crippen molar-refractivity contribution in [1.82, 2.24) is 9.47 Å². The molecule has 1 saturated heterocycles. The maximum absolute atomic E-state index is 5.49. The number of aryl methyl sites for hydroxylation is 2. The Hall–Kier alpha value is -2.21. The lowest BCUT2D eigenvalue weighted by atomic mass is 10.1. The van der Waals surface area contributed by atoms with Gasteiger partial charge in [0.2, 0.25) is 0 Å². The third kappa shape index (κ3) is 4.43. The molecule has 0 aliphatic carbocycles. The highest BCUT2D eigenvalue weighted by Gasteiger charge is 2.13. The molecule has 28 heavy (non-hydrogen) atoms. The molecule has 2 heterocycles. The Morgan fingerprint density at radius 2 is 1.79 bits per heavy atom. The number of thiazole rings is 1. The average molecular weight is 394 g/mol. The van der Waals surface area contributed by atoms with Gasteiger partial charge in [0.05, 0.1) is 24.6 Å². The second kappa shape index (κ2) is 8.86. The highest BCUT2D eigenvalue weighted by molar-refractivity contribution is 7.07. The van der Waals surface area contributed by atoms with E-state index in [9.17, 15) is 0 Å². The molecular formula is C23H27N3OS. The number of hydrogen-bond acceptors (Lipinski definition) is 4. The molecular weight excluding hydrogens is 366 g/mol. The van der Waals surface area contributed by atoms with Gasteiger partial charge in [0, 0.05) is 31.6 Å². The molecule has 2 aromatic carbocycles. The van der Waals surface area contributed by atoms with Gasteiger partial charge >= 0.3 is 0 Å². The van der Waals surface area contributed by atoms with Crippen molar-refractivity contribution in [1.29, 1.82) is 0 Å². The fraction of sp³-hybridized carbons (Fsp3) is 0.348. The van der Waals surface area contributed by atoms with E-state index in [4.69, 9.17) is 9.73 Å². The van der Waals surface area contributed by atoms with E-state index < -0.39 is 0 Å². The number of morpholine rings is 1. The van der Waals surface area contributed by atoms with E-state index in [1.54, 1.807) is 11.3 Å². The molecule has 1 aliphatic rings. The normalized spacial score (nSPS) is 15.9. The summed E-state index contributed by atoms with van der Waals surface area (Å²) in [7, 11) is 0. The molecule has 0 N–H and O–H groups in total. The third-order valence-electron chi connectivity index (χ3n) is 5.18. The fourth-order valence-corrected chi connectivity index (χ4v) is 4.52. The maximum atomic E-state index is 5.49. The molecule has 0 unspecified atom stereocenters. The van der Waals surface area contributed by atoms with Crippen molar-refractivity contribution in [3.8, 4) is 11.3 Å². The van der Waals surface area contributed by atoms with E-state index in [1.807, 2.05) is 0 Å². The minimum atomic E-state index is 0.833. The zero-order valence-electron chi connectivity index (χ0n) is 16.6. The first kappa shape index (κ1) is 19.1. The number of aromatic nitrogens is 1. The first-order valence-electron chi connectivity index (χ1n) is 9.86. The molecule has 1 aliphatic heterocycles. The molecule has 1 aromatic heterocycles. The molecule has 4 rings (SSSR count). The molecule has 0 radical (unpaired) electrons. The number of hydrogen-bond donors (Lipinski definition) is 0. The average Bonchev–Trinajstić information content (AvgIpc) is 3.12. The minimum absolute atomic E-state index is 0.833. The fourth-order valence-electron chi connectivity index (χ4n) is 3.57. The van der Waals surface area contributed by atoms with Crippen molar-refractivity contribution in [2.24, 2.45) is 4.99 Å². The van der Waals surface area contributed by atoms with Crippen LogP contribution >= 0.6 is 11.3 Å². The van der Waals surface area contributed by atoms with Gasteiger partial charge in [-0.3, -0.25) is 4.90 Å². The van der Waals surface area contributed by atoms with Crippen LogP contribution in [0.3, 0.4) is 0 Å². The molecule has 0 saturated carbocycles. The molecule has 3 aromatic rings. The van der Waals surface area contributed by atoms with Gasteiger partial charge < -0.3 is 9.30 Å². The number of ether oxygens (including phenoxy) is 1. The predicted molar refractivity (Wildman–Crippen MR) is 116 cm³/mol. The maximum Gasteiger partial charge on any atom is 0.190 e. The topological polar surface area (TPSA) is 29.8 Å². The Morgan fingerprint density at radius 3 is 2.54 bits per heavy atom. The first-order valence-corrected chi connectivity index (χ1v) is 10.7. The van der Waals surface area contributed by atoms with Gasteiger partial charge in [-0.05, 0) is 31.0 Å². The van der Waals surface area contributed by atoms with Crippen LogP contribution in [0.1, 0.15) is 11.1 Å².